The fourth-order valence-electron chi connectivity index (χ4n) is 4.39. The van der Waals surface area contributed by atoms with Crippen LogP contribution in [0.15, 0.2) is 84.9 Å². The Bertz CT molecular complexity index is 1580. The molecule has 0 unspecified atom stereocenters. The molecular formula is C30H24N4O4. The topological polar surface area (TPSA) is 112 Å². The van der Waals surface area contributed by atoms with E-state index in [1.807, 2.05) is 48.5 Å². The Kier molecular flexibility index (Phi) is 6.76. The van der Waals surface area contributed by atoms with Crippen molar-refractivity contribution in [3.63, 3.8) is 0 Å². The maximum Gasteiger partial charge on any atom is 0.258 e. The summed E-state index contributed by atoms with van der Waals surface area (Å²) in [5.41, 5.74) is 5.71. The third kappa shape index (κ3) is 4.78. The van der Waals surface area contributed by atoms with Crippen LogP contribution in [0.3, 0.4) is 0 Å². The van der Waals surface area contributed by atoms with E-state index >= 15 is 0 Å². The number of nitriles is 1. The third-order valence-electron chi connectivity index (χ3n) is 6.30. The van der Waals surface area contributed by atoms with Crippen LogP contribution in [0.4, 0.5) is 22.7 Å². The molecule has 4 aromatic rings. The summed E-state index contributed by atoms with van der Waals surface area (Å²) in [6, 6.07) is 27.4. The average molecular weight is 505 g/mol. The first-order chi connectivity index (χ1) is 18.5. The second-order valence-electron chi connectivity index (χ2n) is 8.64. The summed E-state index contributed by atoms with van der Waals surface area (Å²) in [5.74, 6) is -0.122. The van der Waals surface area contributed by atoms with Crippen LogP contribution in [0.25, 0.3) is 11.1 Å². The lowest BCUT2D eigenvalue weighted by Crippen LogP contribution is -2.22. The Morgan fingerprint density at radius 2 is 1.63 bits per heavy atom. The molecule has 1 atom stereocenters. The lowest BCUT2D eigenvalue weighted by Gasteiger charge is -2.17. The van der Waals surface area contributed by atoms with Gasteiger partial charge in [-0.15, -0.1) is 0 Å². The summed E-state index contributed by atoms with van der Waals surface area (Å²) >= 11 is 0. The van der Waals surface area contributed by atoms with E-state index in [0.29, 0.717) is 39.6 Å². The predicted octanol–water partition coefficient (Wildman–Crippen LogP) is 5.87. The van der Waals surface area contributed by atoms with Crippen molar-refractivity contribution in [2.75, 3.05) is 30.2 Å². The molecule has 0 spiro atoms. The fraction of sp³-hybridized carbons (Fsp3) is 0.100. The lowest BCUT2D eigenvalue weighted by molar-refractivity contribution is -0.126. The molecule has 0 saturated heterocycles. The SMILES string of the molecule is COc1cc(-c2ccc3c(c2)Nc2ccc(NC(=O)[C@@H](OC)c4ccccc4)cc2NC3=O)ccc1C#N. The minimum absolute atomic E-state index is 0.280. The highest BCUT2D eigenvalue weighted by Gasteiger charge is 2.23. The van der Waals surface area contributed by atoms with E-state index in [9.17, 15) is 14.9 Å². The summed E-state index contributed by atoms with van der Waals surface area (Å²) in [7, 11) is 3.01. The molecule has 8 heteroatoms. The molecule has 38 heavy (non-hydrogen) atoms. The van der Waals surface area contributed by atoms with E-state index in [0.717, 1.165) is 16.7 Å². The van der Waals surface area contributed by atoms with E-state index < -0.39 is 6.10 Å². The molecule has 188 valence electrons. The van der Waals surface area contributed by atoms with Crippen LogP contribution in [-0.2, 0) is 9.53 Å². The van der Waals surface area contributed by atoms with Crippen LogP contribution in [0, 0.1) is 11.3 Å². The van der Waals surface area contributed by atoms with Gasteiger partial charge in [-0.1, -0.05) is 42.5 Å². The summed E-state index contributed by atoms with van der Waals surface area (Å²) in [5, 5.41) is 18.4. The Hall–Kier alpha value is -5.13. The number of carbonyl (C=O) groups is 2. The Labute approximate surface area is 219 Å². The van der Waals surface area contributed by atoms with Crippen LogP contribution in [0.2, 0.25) is 0 Å². The number of ether oxygens (including phenoxy) is 2. The van der Waals surface area contributed by atoms with Crippen molar-refractivity contribution >= 4 is 34.6 Å². The number of rotatable bonds is 6. The lowest BCUT2D eigenvalue weighted by atomic mass is 10.0. The number of benzene rings is 4. The van der Waals surface area contributed by atoms with Gasteiger partial charge >= 0.3 is 0 Å². The first-order valence-corrected chi connectivity index (χ1v) is 11.8. The van der Waals surface area contributed by atoms with Gasteiger partial charge in [-0.2, -0.15) is 5.26 Å². The van der Waals surface area contributed by atoms with Gasteiger partial charge in [0.2, 0.25) is 0 Å². The Balaban J connectivity index is 1.41. The highest BCUT2D eigenvalue weighted by atomic mass is 16.5. The van der Waals surface area contributed by atoms with Gasteiger partial charge in [0.15, 0.2) is 6.10 Å². The third-order valence-corrected chi connectivity index (χ3v) is 6.30. The standard InChI is InChI=1S/C30H24N4O4/c1-37-27-15-20(8-9-21(27)17-31)19-10-12-23-25(14-19)33-24-13-11-22(16-26(24)34-29(23)35)32-30(36)28(38-2)18-6-4-3-5-7-18/h3-16,28,33H,1-2H3,(H,32,36)(H,34,35)/t28-/m0/s1. The van der Waals surface area contributed by atoms with Crippen molar-refractivity contribution in [1.29, 1.82) is 5.26 Å². The number of nitrogens with zero attached hydrogens (tertiary/aromatic N) is 1. The zero-order valence-electron chi connectivity index (χ0n) is 20.7. The highest BCUT2D eigenvalue weighted by molar-refractivity contribution is 6.13. The number of hydrogen-bond acceptors (Lipinski definition) is 6. The Morgan fingerprint density at radius 3 is 2.37 bits per heavy atom. The molecule has 1 heterocycles. The summed E-state index contributed by atoms with van der Waals surface area (Å²) in [4.78, 5) is 26.0. The largest absolute Gasteiger partial charge is 0.495 e. The summed E-state index contributed by atoms with van der Waals surface area (Å²) < 4.78 is 10.8. The first kappa shape index (κ1) is 24.6. The molecule has 1 aliphatic heterocycles. The molecule has 0 radical (unpaired) electrons. The van der Waals surface area contributed by atoms with Gasteiger partial charge in [-0.25, -0.2) is 0 Å². The number of anilines is 4. The molecule has 0 fully saturated rings. The van der Waals surface area contributed by atoms with Gasteiger partial charge in [-0.3, -0.25) is 9.59 Å². The van der Waals surface area contributed by atoms with Gasteiger partial charge in [0.25, 0.3) is 11.8 Å². The Morgan fingerprint density at radius 1 is 0.868 bits per heavy atom. The van der Waals surface area contributed by atoms with E-state index in [-0.39, 0.29) is 11.8 Å². The van der Waals surface area contributed by atoms with E-state index in [2.05, 4.69) is 22.0 Å². The van der Waals surface area contributed by atoms with Crippen LogP contribution in [-0.4, -0.2) is 26.0 Å². The van der Waals surface area contributed by atoms with Gasteiger partial charge < -0.3 is 25.4 Å². The smallest absolute Gasteiger partial charge is 0.258 e. The van der Waals surface area contributed by atoms with Crippen molar-refractivity contribution in [3.05, 3.63) is 102 Å². The van der Waals surface area contributed by atoms with Crippen molar-refractivity contribution in [1.82, 2.24) is 0 Å². The van der Waals surface area contributed by atoms with Crippen molar-refractivity contribution in [3.8, 4) is 22.9 Å². The number of nitrogens with one attached hydrogen (secondary N) is 3. The minimum Gasteiger partial charge on any atom is -0.495 e. The molecule has 4 aromatic carbocycles. The molecule has 0 saturated carbocycles. The minimum atomic E-state index is -0.772. The number of methoxy groups -OCH3 is 2. The quantitative estimate of drug-likeness (QED) is 0.303. The number of carbonyl (C=O) groups excluding carboxylic acids is 2. The number of amides is 2. The van der Waals surface area contributed by atoms with E-state index in [4.69, 9.17) is 9.47 Å². The normalized spacial score (nSPS) is 12.5. The zero-order valence-corrected chi connectivity index (χ0v) is 20.7. The van der Waals surface area contributed by atoms with E-state index in [1.165, 1.54) is 14.2 Å². The monoisotopic (exact) mass is 504 g/mol. The maximum absolute atomic E-state index is 13.1. The summed E-state index contributed by atoms with van der Waals surface area (Å²) in [6.45, 7) is 0. The zero-order chi connectivity index (χ0) is 26.6. The van der Waals surface area contributed by atoms with Gasteiger partial charge in [0.1, 0.15) is 11.8 Å². The maximum atomic E-state index is 13.1. The van der Waals surface area contributed by atoms with Crippen LogP contribution in [0.1, 0.15) is 27.6 Å². The average Bonchev–Trinajstić information content (AvgIpc) is 3.08. The summed E-state index contributed by atoms with van der Waals surface area (Å²) in [6.07, 6.45) is -0.772. The molecular weight excluding hydrogens is 480 g/mol. The van der Waals surface area contributed by atoms with Crippen LogP contribution >= 0.6 is 0 Å². The predicted molar refractivity (Wildman–Crippen MR) is 146 cm³/mol. The molecule has 5 rings (SSSR count). The molecule has 2 amide bonds. The van der Waals surface area contributed by atoms with Crippen LogP contribution < -0.4 is 20.7 Å². The van der Waals surface area contributed by atoms with Crippen molar-refractivity contribution in [2.45, 2.75) is 6.10 Å². The number of hydrogen-bond donors (Lipinski definition) is 3. The second kappa shape index (κ2) is 10.5. The molecule has 0 aliphatic carbocycles. The molecule has 0 aromatic heterocycles. The first-order valence-electron chi connectivity index (χ1n) is 11.8. The van der Waals surface area contributed by atoms with E-state index in [1.54, 1.807) is 36.4 Å². The van der Waals surface area contributed by atoms with Gasteiger partial charge in [0, 0.05) is 12.8 Å². The second-order valence-corrected chi connectivity index (χ2v) is 8.64. The number of fused-ring (bicyclic) bond motifs is 2. The molecule has 8 nitrogen and oxygen atoms in total. The van der Waals surface area contributed by atoms with Gasteiger partial charge in [-0.05, 0) is 59.2 Å². The van der Waals surface area contributed by atoms with Crippen molar-refractivity contribution in [2.24, 2.45) is 0 Å². The molecule has 0 bridgehead atoms. The van der Waals surface area contributed by atoms with Crippen molar-refractivity contribution < 1.29 is 19.1 Å². The fourth-order valence-corrected chi connectivity index (χ4v) is 4.39. The van der Waals surface area contributed by atoms with Crippen LogP contribution in [0.5, 0.6) is 5.75 Å². The highest BCUT2D eigenvalue weighted by Crippen LogP contribution is 2.37. The molecule has 1 aliphatic rings. The molecule has 3 N–H and O–H groups in total. The van der Waals surface area contributed by atoms with Gasteiger partial charge in [0.05, 0.1) is 35.3 Å².